The van der Waals surface area contributed by atoms with Gasteiger partial charge in [-0.3, -0.25) is 14.5 Å². The molecule has 1 N–H and O–H groups in total. The molecular formula is C21H21Cl2N3O3. The van der Waals surface area contributed by atoms with E-state index >= 15 is 0 Å². The second kappa shape index (κ2) is 6.89. The van der Waals surface area contributed by atoms with Crippen LogP contribution in [0.25, 0.3) is 0 Å². The van der Waals surface area contributed by atoms with Gasteiger partial charge in [-0.25, -0.2) is 4.79 Å². The van der Waals surface area contributed by atoms with Gasteiger partial charge in [-0.2, -0.15) is 0 Å². The van der Waals surface area contributed by atoms with E-state index < -0.39 is 17.5 Å². The number of nitrogens with one attached hydrogen (secondary N) is 1. The summed E-state index contributed by atoms with van der Waals surface area (Å²) >= 11 is 12.2. The van der Waals surface area contributed by atoms with Crippen LogP contribution in [0, 0.1) is 13.8 Å². The molecule has 8 heteroatoms. The summed E-state index contributed by atoms with van der Waals surface area (Å²) in [6, 6.07) is 6.40. The molecule has 0 radical (unpaired) electrons. The lowest BCUT2D eigenvalue weighted by atomic mass is 9.92. The van der Waals surface area contributed by atoms with Crippen LogP contribution >= 0.6 is 23.2 Å². The minimum Gasteiger partial charge on any atom is -0.345 e. The van der Waals surface area contributed by atoms with Gasteiger partial charge in [0.05, 0.1) is 6.54 Å². The highest BCUT2D eigenvalue weighted by Gasteiger charge is 2.50. The number of urea groups is 1. The number of aryl methyl sites for hydroxylation is 1. The first kappa shape index (κ1) is 20.0. The van der Waals surface area contributed by atoms with E-state index in [1.54, 1.807) is 19.1 Å². The summed E-state index contributed by atoms with van der Waals surface area (Å²) in [6.07, 6.45) is 2.22. The minimum absolute atomic E-state index is 0.264. The average Bonchev–Trinajstić information content (AvgIpc) is 3.39. The highest BCUT2D eigenvalue weighted by atomic mass is 35.5. The number of carbonyl (C=O) groups excluding carboxylic acids is 3. The first-order valence-electron chi connectivity index (χ1n) is 9.44. The van der Waals surface area contributed by atoms with Crippen LogP contribution in [0.3, 0.4) is 0 Å². The monoisotopic (exact) mass is 433 g/mol. The first-order valence-corrected chi connectivity index (χ1v) is 10.2. The number of imide groups is 1. The molecule has 1 aliphatic carbocycles. The van der Waals surface area contributed by atoms with Crippen LogP contribution in [-0.2, 0) is 10.3 Å². The summed E-state index contributed by atoms with van der Waals surface area (Å²) in [5.41, 5.74) is 1.52. The second-order valence-corrected chi connectivity index (χ2v) is 8.72. The SMILES string of the molecule is Cc1cc(C(=O)CN2C(=O)N[C@](C)(c3ccc(Cl)cc3Cl)C2=O)c(C)n1C1CC1. The number of aromatic nitrogens is 1. The zero-order valence-electron chi connectivity index (χ0n) is 16.4. The number of halogens is 2. The van der Waals surface area contributed by atoms with Crippen LogP contribution in [0.5, 0.6) is 0 Å². The molecule has 6 nitrogen and oxygen atoms in total. The van der Waals surface area contributed by atoms with E-state index in [0.717, 1.165) is 29.1 Å². The molecular weight excluding hydrogens is 413 g/mol. The number of hydrogen-bond acceptors (Lipinski definition) is 3. The minimum atomic E-state index is -1.36. The van der Waals surface area contributed by atoms with Gasteiger partial charge >= 0.3 is 6.03 Å². The Hall–Kier alpha value is -2.31. The van der Waals surface area contributed by atoms with Crippen molar-refractivity contribution < 1.29 is 14.4 Å². The van der Waals surface area contributed by atoms with E-state index in [0.29, 0.717) is 22.2 Å². The van der Waals surface area contributed by atoms with Crippen LogP contribution in [-0.4, -0.2) is 33.7 Å². The van der Waals surface area contributed by atoms with Crippen molar-refractivity contribution in [1.82, 2.24) is 14.8 Å². The fraction of sp³-hybridized carbons (Fsp3) is 0.381. The van der Waals surface area contributed by atoms with Crippen molar-refractivity contribution in [2.45, 2.75) is 45.2 Å². The Morgan fingerprint density at radius 1 is 1.21 bits per heavy atom. The Labute approximate surface area is 178 Å². The fourth-order valence-corrected chi connectivity index (χ4v) is 4.70. The van der Waals surface area contributed by atoms with E-state index in [4.69, 9.17) is 23.2 Å². The lowest BCUT2D eigenvalue weighted by molar-refractivity contribution is -0.130. The Morgan fingerprint density at radius 3 is 2.52 bits per heavy atom. The maximum Gasteiger partial charge on any atom is 0.325 e. The van der Waals surface area contributed by atoms with Gasteiger partial charge in [-0.05, 0) is 51.8 Å². The number of benzene rings is 1. The summed E-state index contributed by atoms with van der Waals surface area (Å²) in [5, 5.41) is 3.38. The number of nitrogens with zero attached hydrogens (tertiary/aromatic N) is 2. The van der Waals surface area contributed by atoms with Crippen molar-refractivity contribution in [3.05, 3.63) is 56.8 Å². The summed E-state index contributed by atoms with van der Waals surface area (Å²) in [4.78, 5) is 39.6. The molecule has 29 heavy (non-hydrogen) atoms. The van der Waals surface area contributed by atoms with Crippen LogP contribution in [0.15, 0.2) is 24.3 Å². The fourth-order valence-electron chi connectivity index (χ4n) is 4.10. The number of amides is 3. The third-order valence-corrected chi connectivity index (χ3v) is 6.29. The second-order valence-electron chi connectivity index (χ2n) is 7.88. The normalized spacial score (nSPS) is 21.6. The number of ketones is 1. The largest absolute Gasteiger partial charge is 0.345 e. The van der Waals surface area contributed by atoms with Crippen LogP contribution < -0.4 is 5.32 Å². The molecule has 1 aliphatic heterocycles. The molecule has 2 fully saturated rings. The van der Waals surface area contributed by atoms with E-state index in [-0.39, 0.29) is 17.4 Å². The van der Waals surface area contributed by atoms with Crippen molar-refractivity contribution in [1.29, 1.82) is 0 Å². The first-order chi connectivity index (χ1) is 13.6. The number of rotatable bonds is 5. The van der Waals surface area contributed by atoms with Crippen LogP contribution in [0.4, 0.5) is 4.79 Å². The Bertz CT molecular complexity index is 1060. The highest BCUT2D eigenvalue weighted by molar-refractivity contribution is 6.35. The Balaban J connectivity index is 1.60. The summed E-state index contributed by atoms with van der Waals surface area (Å²) < 4.78 is 2.16. The third-order valence-electron chi connectivity index (χ3n) is 5.74. The zero-order valence-corrected chi connectivity index (χ0v) is 17.9. The molecule has 1 saturated carbocycles. The van der Waals surface area contributed by atoms with E-state index in [2.05, 4.69) is 9.88 Å². The average molecular weight is 434 g/mol. The molecule has 2 heterocycles. The number of Topliss-reactive ketones (excluding diaryl/α,β-unsaturated/α-hetero) is 1. The lowest BCUT2D eigenvalue weighted by Gasteiger charge is -2.23. The summed E-state index contributed by atoms with van der Waals surface area (Å²) in [5.74, 6) is -0.781. The molecule has 0 unspecified atom stereocenters. The van der Waals surface area contributed by atoms with Gasteiger partial charge in [-0.1, -0.05) is 29.3 Å². The standard InChI is InChI=1S/C21H21Cl2N3O3/c1-11-8-15(12(2)26(11)14-5-6-14)18(27)10-25-19(28)21(3,24-20(25)29)16-7-4-13(22)9-17(16)23/h4,7-9,14H,5-6,10H2,1-3H3,(H,24,29)/t21-/m1/s1. The van der Waals surface area contributed by atoms with Gasteiger partial charge in [0.2, 0.25) is 0 Å². The molecule has 3 amide bonds. The van der Waals surface area contributed by atoms with E-state index in [1.807, 2.05) is 19.9 Å². The predicted molar refractivity (Wildman–Crippen MR) is 111 cm³/mol. The number of carbonyl (C=O) groups is 3. The molecule has 152 valence electrons. The molecule has 0 bridgehead atoms. The van der Waals surface area contributed by atoms with Crippen molar-refractivity contribution in [3.8, 4) is 0 Å². The lowest BCUT2D eigenvalue weighted by Crippen LogP contribution is -2.41. The van der Waals surface area contributed by atoms with Crippen molar-refractivity contribution in [3.63, 3.8) is 0 Å². The predicted octanol–water partition coefficient (Wildman–Crippen LogP) is 4.40. The Morgan fingerprint density at radius 2 is 1.90 bits per heavy atom. The van der Waals surface area contributed by atoms with Crippen molar-refractivity contribution in [2.24, 2.45) is 0 Å². The molecule has 4 rings (SSSR count). The maximum absolute atomic E-state index is 13.1. The third kappa shape index (κ3) is 3.24. The zero-order chi connectivity index (χ0) is 21.1. The van der Waals surface area contributed by atoms with Gasteiger partial charge < -0.3 is 9.88 Å². The molecule has 1 saturated heterocycles. The maximum atomic E-state index is 13.1. The topological polar surface area (TPSA) is 71.4 Å². The molecule has 1 aromatic carbocycles. The van der Waals surface area contributed by atoms with Crippen LogP contribution in [0.1, 0.15) is 53.1 Å². The molecule has 1 aromatic heterocycles. The van der Waals surface area contributed by atoms with Crippen LogP contribution in [0.2, 0.25) is 10.0 Å². The Kier molecular flexibility index (Phi) is 4.74. The van der Waals surface area contributed by atoms with E-state index in [1.165, 1.54) is 6.07 Å². The van der Waals surface area contributed by atoms with E-state index in [9.17, 15) is 14.4 Å². The summed E-state index contributed by atoms with van der Waals surface area (Å²) in [7, 11) is 0. The molecule has 1 atom stereocenters. The van der Waals surface area contributed by atoms with Gasteiger partial charge in [0.1, 0.15) is 5.54 Å². The van der Waals surface area contributed by atoms with Gasteiger partial charge in [0, 0.05) is 38.6 Å². The molecule has 0 spiro atoms. The number of hydrogen-bond donors (Lipinski definition) is 1. The summed E-state index contributed by atoms with van der Waals surface area (Å²) in [6.45, 7) is 5.13. The van der Waals surface area contributed by atoms with Crippen molar-refractivity contribution >= 4 is 40.9 Å². The molecule has 2 aliphatic rings. The molecule has 2 aromatic rings. The van der Waals surface area contributed by atoms with Gasteiger partial charge in [-0.15, -0.1) is 0 Å². The highest BCUT2D eigenvalue weighted by Crippen LogP contribution is 2.39. The quantitative estimate of drug-likeness (QED) is 0.560. The van der Waals surface area contributed by atoms with Crippen molar-refractivity contribution in [2.75, 3.05) is 6.54 Å². The van der Waals surface area contributed by atoms with Gasteiger partial charge in [0.15, 0.2) is 5.78 Å². The van der Waals surface area contributed by atoms with Gasteiger partial charge in [0.25, 0.3) is 5.91 Å². The smallest absolute Gasteiger partial charge is 0.325 e.